The van der Waals surface area contributed by atoms with E-state index in [4.69, 9.17) is 10.5 Å². The van der Waals surface area contributed by atoms with Crippen molar-refractivity contribution in [3.05, 3.63) is 12.7 Å². The molecule has 1 saturated carbocycles. The number of nitrogens with two attached hydrogens (primary N) is 1. The molecule has 88 valence electrons. The van der Waals surface area contributed by atoms with Crippen molar-refractivity contribution in [1.82, 2.24) is 4.90 Å². The third-order valence-corrected chi connectivity index (χ3v) is 2.82. The summed E-state index contributed by atoms with van der Waals surface area (Å²) in [6.45, 7) is 6.58. The van der Waals surface area contributed by atoms with Gasteiger partial charge in [0, 0.05) is 38.9 Å². The van der Waals surface area contributed by atoms with Crippen molar-refractivity contribution in [1.29, 1.82) is 0 Å². The molecule has 0 heterocycles. The first kappa shape index (κ1) is 12.7. The molecule has 15 heavy (non-hydrogen) atoms. The Morgan fingerprint density at radius 1 is 1.60 bits per heavy atom. The van der Waals surface area contributed by atoms with E-state index in [0.717, 1.165) is 38.6 Å². The molecule has 0 amide bonds. The number of hydrogen-bond acceptors (Lipinski definition) is 3. The Morgan fingerprint density at radius 2 is 2.33 bits per heavy atom. The summed E-state index contributed by atoms with van der Waals surface area (Å²) in [7, 11) is 1.74. The SMILES string of the molecule is C=CCN(CC(N)CCCOC)C1CC1. The zero-order valence-electron chi connectivity index (χ0n) is 9.82. The topological polar surface area (TPSA) is 38.5 Å². The van der Waals surface area contributed by atoms with Crippen LogP contribution in [0.4, 0.5) is 0 Å². The molecule has 0 saturated heterocycles. The van der Waals surface area contributed by atoms with Gasteiger partial charge in [-0.2, -0.15) is 0 Å². The third-order valence-electron chi connectivity index (χ3n) is 2.82. The minimum absolute atomic E-state index is 0.278. The Hall–Kier alpha value is -0.380. The minimum atomic E-state index is 0.278. The van der Waals surface area contributed by atoms with Crippen LogP contribution in [0.15, 0.2) is 12.7 Å². The first-order chi connectivity index (χ1) is 7.27. The summed E-state index contributed by atoms with van der Waals surface area (Å²) in [6, 6.07) is 1.05. The van der Waals surface area contributed by atoms with Crippen LogP contribution in [0.1, 0.15) is 25.7 Å². The zero-order chi connectivity index (χ0) is 11.1. The summed E-state index contributed by atoms with van der Waals surface area (Å²) in [4.78, 5) is 2.45. The highest BCUT2D eigenvalue weighted by atomic mass is 16.5. The van der Waals surface area contributed by atoms with Crippen LogP contribution in [0, 0.1) is 0 Å². The lowest BCUT2D eigenvalue weighted by Gasteiger charge is -2.24. The second kappa shape index (κ2) is 6.99. The Kier molecular flexibility index (Phi) is 5.91. The molecule has 0 bridgehead atoms. The van der Waals surface area contributed by atoms with E-state index in [0.29, 0.717) is 0 Å². The number of methoxy groups -OCH3 is 1. The van der Waals surface area contributed by atoms with E-state index in [2.05, 4.69) is 11.5 Å². The monoisotopic (exact) mass is 212 g/mol. The molecule has 0 aromatic carbocycles. The Morgan fingerprint density at radius 3 is 2.87 bits per heavy atom. The normalized spacial score (nSPS) is 18.1. The second-order valence-corrected chi connectivity index (χ2v) is 4.37. The van der Waals surface area contributed by atoms with E-state index in [1.54, 1.807) is 7.11 Å². The van der Waals surface area contributed by atoms with Crippen LogP contribution in [-0.4, -0.2) is 43.8 Å². The highest BCUT2D eigenvalue weighted by Gasteiger charge is 2.28. The van der Waals surface area contributed by atoms with Gasteiger partial charge in [0.05, 0.1) is 0 Å². The summed E-state index contributed by atoms with van der Waals surface area (Å²) in [6.07, 6.45) is 6.75. The van der Waals surface area contributed by atoms with Crippen LogP contribution in [0.3, 0.4) is 0 Å². The third kappa shape index (κ3) is 5.30. The van der Waals surface area contributed by atoms with Crippen molar-refractivity contribution in [2.45, 2.75) is 37.8 Å². The highest BCUT2D eigenvalue weighted by molar-refractivity contribution is 4.89. The second-order valence-electron chi connectivity index (χ2n) is 4.37. The quantitative estimate of drug-likeness (QED) is 0.464. The molecule has 1 aliphatic carbocycles. The summed E-state index contributed by atoms with van der Waals surface area (Å²) in [5.41, 5.74) is 6.08. The van der Waals surface area contributed by atoms with Crippen molar-refractivity contribution in [2.75, 3.05) is 26.8 Å². The van der Waals surface area contributed by atoms with E-state index in [-0.39, 0.29) is 6.04 Å². The lowest BCUT2D eigenvalue weighted by Crippen LogP contribution is -2.39. The molecule has 1 fully saturated rings. The Bertz CT molecular complexity index is 180. The van der Waals surface area contributed by atoms with E-state index in [1.165, 1.54) is 12.8 Å². The van der Waals surface area contributed by atoms with Crippen molar-refractivity contribution < 1.29 is 4.74 Å². The number of ether oxygens (including phenoxy) is 1. The molecule has 3 nitrogen and oxygen atoms in total. The van der Waals surface area contributed by atoms with Crippen molar-refractivity contribution >= 4 is 0 Å². The molecule has 3 heteroatoms. The van der Waals surface area contributed by atoms with E-state index >= 15 is 0 Å². The standard InChI is InChI=1S/C12H24N2O/c1-3-8-14(12-6-7-12)10-11(13)5-4-9-15-2/h3,11-12H,1,4-10,13H2,2H3. The number of rotatable bonds is 9. The first-order valence-corrected chi connectivity index (χ1v) is 5.87. The minimum Gasteiger partial charge on any atom is -0.385 e. The summed E-state index contributed by atoms with van der Waals surface area (Å²) >= 11 is 0. The average molecular weight is 212 g/mol. The van der Waals surface area contributed by atoms with Crippen molar-refractivity contribution in [3.63, 3.8) is 0 Å². The molecule has 0 aromatic heterocycles. The van der Waals surface area contributed by atoms with E-state index < -0.39 is 0 Å². The van der Waals surface area contributed by atoms with Crippen molar-refractivity contribution in [3.8, 4) is 0 Å². The maximum absolute atomic E-state index is 6.08. The van der Waals surface area contributed by atoms with Gasteiger partial charge in [-0.15, -0.1) is 6.58 Å². The fourth-order valence-corrected chi connectivity index (χ4v) is 1.86. The fraction of sp³-hybridized carbons (Fsp3) is 0.833. The highest BCUT2D eigenvalue weighted by Crippen LogP contribution is 2.26. The summed E-state index contributed by atoms with van der Waals surface area (Å²) < 4.78 is 5.02. The molecule has 0 aromatic rings. The van der Waals surface area contributed by atoms with Gasteiger partial charge in [-0.05, 0) is 25.7 Å². The molecular weight excluding hydrogens is 188 g/mol. The lowest BCUT2D eigenvalue weighted by molar-refractivity contribution is 0.185. The van der Waals surface area contributed by atoms with Gasteiger partial charge < -0.3 is 10.5 Å². The summed E-state index contributed by atoms with van der Waals surface area (Å²) in [5, 5.41) is 0. The predicted octanol–water partition coefficient (Wildman–Crippen LogP) is 1.39. The average Bonchev–Trinajstić information content (AvgIpc) is 3.01. The maximum Gasteiger partial charge on any atom is 0.0462 e. The van der Waals surface area contributed by atoms with Gasteiger partial charge in [0.2, 0.25) is 0 Å². The Balaban J connectivity index is 2.14. The molecule has 1 unspecified atom stereocenters. The van der Waals surface area contributed by atoms with Crippen LogP contribution in [0.5, 0.6) is 0 Å². The molecule has 1 rings (SSSR count). The van der Waals surface area contributed by atoms with Gasteiger partial charge in [-0.25, -0.2) is 0 Å². The molecule has 2 N–H and O–H groups in total. The molecule has 1 aliphatic rings. The van der Waals surface area contributed by atoms with E-state index in [9.17, 15) is 0 Å². The summed E-state index contributed by atoms with van der Waals surface area (Å²) in [5.74, 6) is 0. The van der Waals surface area contributed by atoms with Gasteiger partial charge >= 0.3 is 0 Å². The van der Waals surface area contributed by atoms with Crippen LogP contribution in [-0.2, 0) is 4.74 Å². The Labute approximate surface area is 93.3 Å². The van der Waals surface area contributed by atoms with Gasteiger partial charge in [0.15, 0.2) is 0 Å². The molecular formula is C12H24N2O. The van der Waals surface area contributed by atoms with Crippen LogP contribution < -0.4 is 5.73 Å². The first-order valence-electron chi connectivity index (χ1n) is 5.87. The van der Waals surface area contributed by atoms with Gasteiger partial charge in [0.25, 0.3) is 0 Å². The van der Waals surface area contributed by atoms with Crippen LogP contribution in [0.2, 0.25) is 0 Å². The maximum atomic E-state index is 6.08. The lowest BCUT2D eigenvalue weighted by atomic mass is 10.1. The van der Waals surface area contributed by atoms with Crippen LogP contribution in [0.25, 0.3) is 0 Å². The fourth-order valence-electron chi connectivity index (χ4n) is 1.86. The zero-order valence-corrected chi connectivity index (χ0v) is 9.82. The molecule has 0 aliphatic heterocycles. The molecule has 0 radical (unpaired) electrons. The van der Waals surface area contributed by atoms with Crippen molar-refractivity contribution in [2.24, 2.45) is 5.73 Å². The van der Waals surface area contributed by atoms with Crippen LogP contribution >= 0.6 is 0 Å². The molecule has 1 atom stereocenters. The predicted molar refractivity (Wildman–Crippen MR) is 63.9 cm³/mol. The van der Waals surface area contributed by atoms with Gasteiger partial charge in [-0.3, -0.25) is 4.90 Å². The van der Waals surface area contributed by atoms with E-state index in [1.807, 2.05) is 6.08 Å². The molecule has 0 spiro atoms. The smallest absolute Gasteiger partial charge is 0.0462 e. The largest absolute Gasteiger partial charge is 0.385 e. The van der Waals surface area contributed by atoms with Gasteiger partial charge in [-0.1, -0.05) is 6.08 Å². The number of hydrogen-bond donors (Lipinski definition) is 1. The van der Waals surface area contributed by atoms with Gasteiger partial charge in [0.1, 0.15) is 0 Å². The number of nitrogens with zero attached hydrogens (tertiary/aromatic N) is 1.